The van der Waals surface area contributed by atoms with Crippen LogP contribution < -0.4 is 5.73 Å². The molecule has 2 aromatic rings. The molecule has 6 heteroatoms. The van der Waals surface area contributed by atoms with Crippen molar-refractivity contribution < 1.29 is 4.52 Å². The number of aromatic nitrogens is 2. The molecule has 0 bridgehead atoms. The van der Waals surface area contributed by atoms with Crippen molar-refractivity contribution in [1.82, 2.24) is 10.1 Å². The first kappa shape index (κ1) is 12.7. The summed E-state index contributed by atoms with van der Waals surface area (Å²) in [7, 11) is 0. The van der Waals surface area contributed by atoms with Crippen molar-refractivity contribution in [2.75, 3.05) is 0 Å². The predicted molar refractivity (Wildman–Crippen MR) is 71.7 cm³/mol. The summed E-state index contributed by atoms with van der Waals surface area (Å²) in [6.45, 7) is 6.13. The van der Waals surface area contributed by atoms with Gasteiger partial charge < -0.3 is 10.3 Å². The second-order valence-electron chi connectivity index (χ2n) is 4.90. The van der Waals surface area contributed by atoms with Crippen molar-refractivity contribution in [1.29, 1.82) is 0 Å². The largest absolute Gasteiger partial charge is 0.337 e. The quantitative estimate of drug-likeness (QED) is 0.919. The third-order valence-electron chi connectivity index (χ3n) is 2.43. The molecule has 0 saturated carbocycles. The Balaban J connectivity index is 2.28. The van der Waals surface area contributed by atoms with Gasteiger partial charge >= 0.3 is 0 Å². The highest BCUT2D eigenvalue weighted by atomic mass is 79.9. The molecule has 0 aliphatic heterocycles. The van der Waals surface area contributed by atoms with E-state index in [1.165, 1.54) is 0 Å². The van der Waals surface area contributed by atoms with Gasteiger partial charge in [-0.05, 0) is 33.5 Å². The zero-order valence-corrected chi connectivity index (χ0v) is 12.3. The van der Waals surface area contributed by atoms with Crippen LogP contribution in [0, 0.1) is 5.41 Å². The van der Waals surface area contributed by atoms with Gasteiger partial charge in [-0.15, -0.1) is 11.3 Å². The van der Waals surface area contributed by atoms with Gasteiger partial charge in [0.05, 0.1) is 14.7 Å². The Labute approximate surface area is 112 Å². The molecule has 0 fully saturated rings. The van der Waals surface area contributed by atoms with Gasteiger partial charge in [-0.2, -0.15) is 4.98 Å². The topological polar surface area (TPSA) is 64.9 Å². The van der Waals surface area contributed by atoms with Crippen LogP contribution in [0.2, 0.25) is 0 Å². The van der Waals surface area contributed by atoms with Crippen LogP contribution in [0.1, 0.15) is 32.7 Å². The van der Waals surface area contributed by atoms with Gasteiger partial charge in [-0.25, -0.2) is 0 Å². The Morgan fingerprint density at radius 3 is 2.65 bits per heavy atom. The molecule has 1 unspecified atom stereocenters. The van der Waals surface area contributed by atoms with Gasteiger partial charge in [0.25, 0.3) is 0 Å². The van der Waals surface area contributed by atoms with E-state index in [4.69, 9.17) is 10.3 Å². The van der Waals surface area contributed by atoms with E-state index in [-0.39, 0.29) is 11.5 Å². The van der Waals surface area contributed by atoms with E-state index in [1.54, 1.807) is 11.3 Å². The SMILES string of the molecule is CC(C)(C)C(N)c1nc(-c2ccc(Br)s2)no1. The normalized spacial score (nSPS) is 13.9. The molecule has 17 heavy (non-hydrogen) atoms. The first-order chi connectivity index (χ1) is 7.88. The Morgan fingerprint density at radius 1 is 1.41 bits per heavy atom. The average molecular weight is 316 g/mol. The van der Waals surface area contributed by atoms with Gasteiger partial charge in [0, 0.05) is 0 Å². The number of thiophene rings is 1. The Kier molecular flexibility index (Phi) is 3.38. The maximum Gasteiger partial charge on any atom is 0.244 e. The molecule has 0 spiro atoms. The van der Waals surface area contributed by atoms with Gasteiger partial charge in [0.1, 0.15) is 0 Å². The number of nitrogens with two attached hydrogens (primary N) is 1. The van der Waals surface area contributed by atoms with E-state index in [1.807, 2.05) is 32.9 Å². The van der Waals surface area contributed by atoms with Crippen LogP contribution in [0.15, 0.2) is 20.4 Å². The van der Waals surface area contributed by atoms with E-state index in [2.05, 4.69) is 26.1 Å². The summed E-state index contributed by atoms with van der Waals surface area (Å²) in [4.78, 5) is 5.31. The summed E-state index contributed by atoms with van der Waals surface area (Å²) < 4.78 is 6.26. The molecule has 0 aromatic carbocycles. The molecular formula is C11H14BrN3OS. The summed E-state index contributed by atoms with van der Waals surface area (Å²) in [5.41, 5.74) is 5.97. The first-order valence-electron chi connectivity index (χ1n) is 5.23. The summed E-state index contributed by atoms with van der Waals surface area (Å²) in [5, 5.41) is 3.96. The minimum absolute atomic E-state index is 0.0974. The smallest absolute Gasteiger partial charge is 0.244 e. The number of hydrogen-bond acceptors (Lipinski definition) is 5. The van der Waals surface area contributed by atoms with Crippen LogP contribution in [-0.4, -0.2) is 10.1 Å². The lowest BCUT2D eigenvalue weighted by molar-refractivity contribution is 0.253. The maximum absolute atomic E-state index is 6.07. The van der Waals surface area contributed by atoms with Crippen molar-refractivity contribution in [3.8, 4) is 10.7 Å². The van der Waals surface area contributed by atoms with Gasteiger partial charge in [0.15, 0.2) is 0 Å². The summed E-state index contributed by atoms with van der Waals surface area (Å²) in [6, 6.07) is 3.65. The average Bonchev–Trinajstić information content (AvgIpc) is 2.83. The number of halogens is 1. The molecule has 1 atom stereocenters. The fourth-order valence-electron chi connectivity index (χ4n) is 1.27. The van der Waals surface area contributed by atoms with Crippen LogP contribution >= 0.6 is 27.3 Å². The van der Waals surface area contributed by atoms with E-state index in [0.29, 0.717) is 11.7 Å². The van der Waals surface area contributed by atoms with Crippen molar-refractivity contribution in [3.63, 3.8) is 0 Å². The highest BCUT2D eigenvalue weighted by Crippen LogP contribution is 2.33. The van der Waals surface area contributed by atoms with Gasteiger partial charge in [-0.3, -0.25) is 0 Å². The van der Waals surface area contributed by atoms with Gasteiger partial charge in [-0.1, -0.05) is 25.9 Å². The van der Waals surface area contributed by atoms with Crippen molar-refractivity contribution in [2.45, 2.75) is 26.8 Å². The maximum atomic E-state index is 6.07. The Hall–Kier alpha value is -0.720. The first-order valence-corrected chi connectivity index (χ1v) is 6.84. The van der Waals surface area contributed by atoms with Crippen LogP contribution in [0.25, 0.3) is 10.7 Å². The fraction of sp³-hybridized carbons (Fsp3) is 0.455. The number of hydrogen-bond donors (Lipinski definition) is 1. The third-order valence-corrected chi connectivity index (χ3v) is 4.05. The standard InChI is InChI=1S/C11H14BrN3OS/c1-11(2,3)8(13)10-14-9(15-16-10)6-4-5-7(12)17-6/h4-5,8H,13H2,1-3H3. The predicted octanol–water partition coefficient (Wildman–Crippen LogP) is 3.61. The van der Waals surface area contributed by atoms with Crippen LogP contribution in [0.5, 0.6) is 0 Å². The Morgan fingerprint density at radius 2 is 2.12 bits per heavy atom. The molecular weight excluding hydrogens is 302 g/mol. The van der Waals surface area contributed by atoms with Crippen molar-refractivity contribution in [2.24, 2.45) is 11.1 Å². The number of nitrogens with zero attached hydrogens (tertiary/aromatic N) is 2. The molecule has 2 N–H and O–H groups in total. The fourth-order valence-corrected chi connectivity index (χ4v) is 2.58. The van der Waals surface area contributed by atoms with Crippen molar-refractivity contribution >= 4 is 27.3 Å². The second-order valence-corrected chi connectivity index (χ2v) is 7.37. The highest BCUT2D eigenvalue weighted by Gasteiger charge is 2.27. The molecule has 0 aliphatic carbocycles. The van der Waals surface area contributed by atoms with E-state index in [0.717, 1.165) is 8.66 Å². The molecule has 0 saturated heterocycles. The number of rotatable bonds is 2. The molecule has 2 aromatic heterocycles. The molecule has 0 aliphatic rings. The summed E-state index contributed by atoms with van der Waals surface area (Å²) in [5.74, 6) is 1.08. The zero-order valence-electron chi connectivity index (χ0n) is 9.90. The molecule has 0 amide bonds. The lowest BCUT2D eigenvalue weighted by Crippen LogP contribution is -2.26. The van der Waals surface area contributed by atoms with E-state index >= 15 is 0 Å². The third kappa shape index (κ3) is 2.75. The molecule has 92 valence electrons. The Bertz CT molecular complexity index is 515. The molecule has 2 heterocycles. The van der Waals surface area contributed by atoms with Crippen LogP contribution in [0.3, 0.4) is 0 Å². The van der Waals surface area contributed by atoms with E-state index < -0.39 is 0 Å². The van der Waals surface area contributed by atoms with Crippen LogP contribution in [0.4, 0.5) is 0 Å². The van der Waals surface area contributed by atoms with E-state index in [9.17, 15) is 0 Å². The summed E-state index contributed by atoms with van der Waals surface area (Å²) in [6.07, 6.45) is 0. The summed E-state index contributed by atoms with van der Waals surface area (Å²) >= 11 is 4.97. The lowest BCUT2D eigenvalue weighted by Gasteiger charge is -2.23. The highest BCUT2D eigenvalue weighted by molar-refractivity contribution is 9.11. The molecule has 0 radical (unpaired) electrons. The molecule has 4 nitrogen and oxygen atoms in total. The monoisotopic (exact) mass is 315 g/mol. The second kappa shape index (κ2) is 4.51. The zero-order chi connectivity index (χ0) is 12.6. The molecule has 2 rings (SSSR count). The minimum atomic E-state index is -0.257. The lowest BCUT2D eigenvalue weighted by atomic mass is 9.87. The minimum Gasteiger partial charge on any atom is -0.337 e. The van der Waals surface area contributed by atoms with Crippen molar-refractivity contribution in [3.05, 3.63) is 21.8 Å². The van der Waals surface area contributed by atoms with Gasteiger partial charge in [0.2, 0.25) is 11.7 Å². The van der Waals surface area contributed by atoms with Crippen LogP contribution in [-0.2, 0) is 0 Å².